The highest BCUT2D eigenvalue weighted by molar-refractivity contribution is 5.41. The molecule has 0 unspecified atom stereocenters. The van der Waals surface area contributed by atoms with E-state index >= 15 is 0 Å². The molecule has 1 fully saturated rings. The van der Waals surface area contributed by atoms with Gasteiger partial charge in [-0.25, -0.2) is 8.78 Å². The summed E-state index contributed by atoms with van der Waals surface area (Å²) in [5.41, 5.74) is 0.378. The number of hydrogen-bond donors (Lipinski definition) is 1. The molecule has 0 bridgehead atoms. The molecule has 1 radical (unpaired) electrons. The first-order valence-electron chi connectivity index (χ1n) is 4.64. The summed E-state index contributed by atoms with van der Waals surface area (Å²) in [5.74, 6) is 0.387. The van der Waals surface area contributed by atoms with Crippen LogP contribution in [0.3, 0.4) is 0 Å². The van der Waals surface area contributed by atoms with Crippen molar-refractivity contribution in [3.63, 3.8) is 0 Å². The van der Waals surface area contributed by atoms with Gasteiger partial charge < -0.3 is 5.11 Å². The van der Waals surface area contributed by atoms with Gasteiger partial charge in [-0.2, -0.15) is 0 Å². The summed E-state index contributed by atoms with van der Waals surface area (Å²) in [7, 11) is 0. The molecule has 1 N–H and O–H groups in total. The fraction of sp³-hybridized carbons (Fsp3) is 0.364. The highest BCUT2D eigenvalue weighted by Crippen LogP contribution is 2.49. The maximum absolute atomic E-state index is 13.2. The number of benzene rings is 1. The SMILES string of the molecule is OCC[C@H]1C[C]1c1cc(F)ccc1F. The van der Waals surface area contributed by atoms with Crippen LogP contribution in [0.4, 0.5) is 8.78 Å². The van der Waals surface area contributed by atoms with Crippen LogP contribution in [0, 0.1) is 23.5 Å². The maximum atomic E-state index is 13.2. The Labute approximate surface area is 81.4 Å². The van der Waals surface area contributed by atoms with Crippen molar-refractivity contribution in [1.29, 1.82) is 0 Å². The van der Waals surface area contributed by atoms with Gasteiger partial charge in [-0.3, -0.25) is 0 Å². The fourth-order valence-electron chi connectivity index (χ4n) is 1.71. The van der Waals surface area contributed by atoms with Crippen molar-refractivity contribution in [3.05, 3.63) is 41.3 Å². The summed E-state index contributed by atoms with van der Waals surface area (Å²) in [5, 5.41) is 8.68. The van der Waals surface area contributed by atoms with E-state index in [0.29, 0.717) is 12.0 Å². The Balaban J connectivity index is 2.14. The van der Waals surface area contributed by atoms with Gasteiger partial charge in [0.2, 0.25) is 0 Å². The van der Waals surface area contributed by atoms with E-state index in [-0.39, 0.29) is 18.3 Å². The molecule has 1 saturated carbocycles. The summed E-state index contributed by atoms with van der Waals surface area (Å²) >= 11 is 0. The van der Waals surface area contributed by atoms with Crippen LogP contribution in [-0.2, 0) is 0 Å². The second-order valence-corrected chi connectivity index (χ2v) is 3.56. The molecule has 0 aliphatic heterocycles. The summed E-state index contributed by atoms with van der Waals surface area (Å²) in [6.45, 7) is 0.102. The fourth-order valence-corrected chi connectivity index (χ4v) is 1.71. The quantitative estimate of drug-likeness (QED) is 0.788. The summed E-state index contributed by atoms with van der Waals surface area (Å²) < 4.78 is 26.0. The predicted molar refractivity (Wildman–Crippen MR) is 48.5 cm³/mol. The van der Waals surface area contributed by atoms with E-state index in [1.807, 2.05) is 0 Å². The normalized spacial score (nSPS) is 21.2. The van der Waals surface area contributed by atoms with Gasteiger partial charge in [0.15, 0.2) is 0 Å². The Bertz CT molecular complexity index is 338. The first kappa shape index (κ1) is 9.59. The van der Waals surface area contributed by atoms with Gasteiger partial charge in [-0.15, -0.1) is 0 Å². The monoisotopic (exact) mass is 197 g/mol. The number of hydrogen-bond acceptors (Lipinski definition) is 1. The molecule has 1 nitrogen and oxygen atoms in total. The van der Waals surface area contributed by atoms with Crippen LogP contribution in [-0.4, -0.2) is 11.7 Å². The minimum atomic E-state index is -0.413. The Morgan fingerprint density at radius 3 is 2.86 bits per heavy atom. The van der Waals surface area contributed by atoms with E-state index < -0.39 is 5.82 Å². The highest BCUT2D eigenvalue weighted by atomic mass is 19.1. The van der Waals surface area contributed by atoms with E-state index in [9.17, 15) is 8.78 Å². The van der Waals surface area contributed by atoms with Gasteiger partial charge >= 0.3 is 0 Å². The Hall–Kier alpha value is -0.960. The molecule has 14 heavy (non-hydrogen) atoms. The van der Waals surface area contributed by atoms with Crippen molar-refractivity contribution >= 4 is 0 Å². The molecular weight excluding hydrogens is 186 g/mol. The minimum Gasteiger partial charge on any atom is -0.396 e. The molecule has 1 atom stereocenters. The number of rotatable bonds is 3. The van der Waals surface area contributed by atoms with Crippen molar-refractivity contribution in [2.75, 3.05) is 6.61 Å². The standard InChI is InChI=1S/C11H11F2O/c12-8-1-2-11(13)10(6-8)9-5-7(9)3-4-14/h1-2,6-7,14H,3-5H2/t7-/m0/s1. The average molecular weight is 197 g/mol. The second-order valence-electron chi connectivity index (χ2n) is 3.56. The molecule has 1 aromatic rings. The van der Waals surface area contributed by atoms with Crippen molar-refractivity contribution in [1.82, 2.24) is 0 Å². The molecule has 1 aliphatic rings. The smallest absolute Gasteiger partial charge is 0.127 e. The molecule has 0 heterocycles. The Morgan fingerprint density at radius 1 is 1.36 bits per heavy atom. The van der Waals surface area contributed by atoms with Crippen molar-refractivity contribution < 1.29 is 13.9 Å². The van der Waals surface area contributed by atoms with Crippen LogP contribution in [0.5, 0.6) is 0 Å². The lowest BCUT2D eigenvalue weighted by molar-refractivity contribution is 0.281. The summed E-state index contributed by atoms with van der Waals surface area (Å²) in [6, 6.07) is 3.48. The van der Waals surface area contributed by atoms with Gasteiger partial charge in [-0.1, -0.05) is 0 Å². The molecule has 0 spiro atoms. The van der Waals surface area contributed by atoms with Gasteiger partial charge in [-0.05, 0) is 42.5 Å². The first-order valence-corrected chi connectivity index (χ1v) is 4.64. The average Bonchev–Trinajstić information content (AvgIpc) is 2.89. The zero-order chi connectivity index (χ0) is 10.1. The number of aliphatic hydroxyl groups excluding tert-OH is 1. The molecule has 3 heteroatoms. The van der Waals surface area contributed by atoms with E-state index in [4.69, 9.17) is 5.11 Å². The lowest BCUT2D eigenvalue weighted by Gasteiger charge is -2.01. The lowest BCUT2D eigenvalue weighted by Crippen LogP contribution is -1.93. The van der Waals surface area contributed by atoms with Crippen LogP contribution in [0.15, 0.2) is 18.2 Å². The van der Waals surface area contributed by atoms with Crippen molar-refractivity contribution in [3.8, 4) is 0 Å². The van der Waals surface area contributed by atoms with Crippen LogP contribution < -0.4 is 0 Å². The van der Waals surface area contributed by atoms with Crippen molar-refractivity contribution in [2.45, 2.75) is 12.8 Å². The highest BCUT2D eigenvalue weighted by Gasteiger charge is 2.40. The number of halogens is 2. The zero-order valence-electron chi connectivity index (χ0n) is 7.63. The first-order chi connectivity index (χ1) is 6.72. The van der Waals surface area contributed by atoms with Crippen LogP contribution >= 0.6 is 0 Å². The second kappa shape index (κ2) is 3.65. The molecule has 1 aromatic carbocycles. The third kappa shape index (κ3) is 1.77. The number of aliphatic hydroxyl groups is 1. The Kier molecular flexibility index (Phi) is 2.50. The molecule has 2 rings (SSSR count). The van der Waals surface area contributed by atoms with Gasteiger partial charge in [0.1, 0.15) is 11.6 Å². The van der Waals surface area contributed by atoms with E-state index in [1.165, 1.54) is 6.07 Å². The van der Waals surface area contributed by atoms with Crippen molar-refractivity contribution in [2.24, 2.45) is 5.92 Å². The topological polar surface area (TPSA) is 20.2 Å². The van der Waals surface area contributed by atoms with E-state index in [1.54, 1.807) is 0 Å². The van der Waals surface area contributed by atoms with E-state index in [0.717, 1.165) is 24.5 Å². The van der Waals surface area contributed by atoms with Gasteiger partial charge in [0.25, 0.3) is 0 Å². The zero-order valence-corrected chi connectivity index (χ0v) is 7.63. The Morgan fingerprint density at radius 2 is 2.14 bits per heavy atom. The minimum absolute atomic E-state index is 0.102. The van der Waals surface area contributed by atoms with Crippen LogP contribution in [0.25, 0.3) is 0 Å². The summed E-state index contributed by atoms with van der Waals surface area (Å²) in [6.07, 6.45) is 1.42. The van der Waals surface area contributed by atoms with Crippen LogP contribution in [0.2, 0.25) is 0 Å². The summed E-state index contributed by atoms with van der Waals surface area (Å²) in [4.78, 5) is 0. The third-order valence-electron chi connectivity index (χ3n) is 2.55. The maximum Gasteiger partial charge on any atom is 0.127 e. The third-order valence-corrected chi connectivity index (χ3v) is 2.55. The molecule has 0 amide bonds. The predicted octanol–water partition coefficient (Wildman–Crippen LogP) is 2.29. The lowest BCUT2D eigenvalue weighted by atomic mass is 10.1. The van der Waals surface area contributed by atoms with Gasteiger partial charge in [0, 0.05) is 12.5 Å². The molecule has 75 valence electrons. The molecule has 0 aromatic heterocycles. The largest absolute Gasteiger partial charge is 0.396 e. The van der Waals surface area contributed by atoms with Crippen LogP contribution in [0.1, 0.15) is 18.4 Å². The van der Waals surface area contributed by atoms with E-state index in [2.05, 4.69) is 0 Å². The molecule has 1 aliphatic carbocycles. The molecule has 0 saturated heterocycles. The molecular formula is C11H11F2O. The van der Waals surface area contributed by atoms with Gasteiger partial charge in [0.05, 0.1) is 0 Å².